The van der Waals surface area contributed by atoms with E-state index in [0.29, 0.717) is 38.9 Å². The fourth-order valence-electron chi connectivity index (χ4n) is 2.25. The van der Waals surface area contributed by atoms with Crippen LogP contribution in [0.25, 0.3) is 0 Å². The maximum absolute atomic E-state index is 11.9. The SMILES string of the molecule is CCc1oc(C(=O)NCCCC(=O)N(CC)CC)cc1C(=O)O. The molecule has 0 saturated carbocycles. The zero-order valence-electron chi connectivity index (χ0n) is 13.8. The first-order valence-electron chi connectivity index (χ1n) is 7.86. The molecule has 0 unspecified atom stereocenters. The summed E-state index contributed by atoms with van der Waals surface area (Å²) < 4.78 is 5.27. The highest BCUT2D eigenvalue weighted by molar-refractivity contribution is 5.96. The van der Waals surface area contributed by atoms with Crippen molar-refractivity contribution in [3.8, 4) is 0 Å². The van der Waals surface area contributed by atoms with E-state index < -0.39 is 11.9 Å². The van der Waals surface area contributed by atoms with Crippen LogP contribution in [-0.2, 0) is 11.2 Å². The van der Waals surface area contributed by atoms with E-state index in [1.807, 2.05) is 13.8 Å². The number of hydrogen-bond acceptors (Lipinski definition) is 4. The molecule has 0 aliphatic carbocycles. The molecule has 0 aliphatic rings. The normalized spacial score (nSPS) is 10.4. The fourth-order valence-corrected chi connectivity index (χ4v) is 2.25. The van der Waals surface area contributed by atoms with Crippen LogP contribution >= 0.6 is 0 Å². The number of carbonyl (C=O) groups excluding carboxylic acids is 2. The summed E-state index contributed by atoms with van der Waals surface area (Å²) in [6.45, 7) is 7.27. The number of nitrogens with zero attached hydrogens (tertiary/aromatic N) is 1. The Balaban J connectivity index is 2.49. The minimum Gasteiger partial charge on any atom is -0.478 e. The lowest BCUT2D eigenvalue weighted by Gasteiger charge is -2.18. The van der Waals surface area contributed by atoms with E-state index >= 15 is 0 Å². The molecule has 0 aromatic carbocycles. The third-order valence-electron chi connectivity index (χ3n) is 3.55. The smallest absolute Gasteiger partial charge is 0.339 e. The summed E-state index contributed by atoms with van der Waals surface area (Å²) >= 11 is 0. The maximum Gasteiger partial charge on any atom is 0.339 e. The summed E-state index contributed by atoms with van der Waals surface area (Å²) in [5.41, 5.74) is 0.00867. The van der Waals surface area contributed by atoms with Crippen molar-refractivity contribution in [3.05, 3.63) is 23.2 Å². The van der Waals surface area contributed by atoms with Crippen LogP contribution in [0.1, 0.15) is 60.3 Å². The number of carboxylic acid groups (broad SMARTS) is 1. The number of carbonyl (C=O) groups is 3. The molecule has 0 aliphatic heterocycles. The molecule has 0 radical (unpaired) electrons. The van der Waals surface area contributed by atoms with Gasteiger partial charge in [-0.05, 0) is 20.3 Å². The highest BCUT2D eigenvalue weighted by Gasteiger charge is 2.19. The Bertz CT molecular complexity index is 561. The number of hydrogen-bond donors (Lipinski definition) is 2. The number of amides is 2. The number of furan rings is 1. The fraction of sp³-hybridized carbons (Fsp3) is 0.562. The monoisotopic (exact) mass is 324 g/mol. The van der Waals surface area contributed by atoms with Crippen LogP contribution in [0.4, 0.5) is 0 Å². The minimum absolute atomic E-state index is 0.00867. The molecule has 0 bridgehead atoms. The largest absolute Gasteiger partial charge is 0.478 e. The molecule has 1 rings (SSSR count). The Kier molecular flexibility index (Phi) is 7.31. The first-order chi connectivity index (χ1) is 10.9. The van der Waals surface area contributed by atoms with Gasteiger partial charge in [-0.3, -0.25) is 9.59 Å². The third-order valence-corrected chi connectivity index (χ3v) is 3.55. The number of aromatic carboxylic acids is 1. The molecule has 1 heterocycles. The maximum atomic E-state index is 11.9. The van der Waals surface area contributed by atoms with Gasteiger partial charge in [0.2, 0.25) is 5.91 Å². The van der Waals surface area contributed by atoms with Gasteiger partial charge in [-0.25, -0.2) is 4.79 Å². The van der Waals surface area contributed by atoms with E-state index in [-0.39, 0.29) is 23.0 Å². The average Bonchev–Trinajstić information content (AvgIpc) is 2.97. The minimum atomic E-state index is -1.12. The molecule has 2 N–H and O–H groups in total. The molecular weight excluding hydrogens is 300 g/mol. The Morgan fingerprint density at radius 1 is 1.22 bits per heavy atom. The van der Waals surface area contributed by atoms with E-state index in [1.54, 1.807) is 11.8 Å². The molecule has 7 nitrogen and oxygen atoms in total. The van der Waals surface area contributed by atoms with Crippen molar-refractivity contribution in [2.24, 2.45) is 0 Å². The number of rotatable bonds is 9. The van der Waals surface area contributed by atoms with Crippen LogP contribution in [0.3, 0.4) is 0 Å². The summed E-state index contributed by atoms with van der Waals surface area (Å²) in [4.78, 5) is 36.5. The molecule has 0 fully saturated rings. The van der Waals surface area contributed by atoms with Crippen molar-refractivity contribution in [1.29, 1.82) is 0 Å². The van der Waals surface area contributed by atoms with Crippen LogP contribution in [0.15, 0.2) is 10.5 Å². The second-order valence-electron chi connectivity index (χ2n) is 5.03. The van der Waals surface area contributed by atoms with Crippen molar-refractivity contribution in [2.75, 3.05) is 19.6 Å². The molecule has 0 spiro atoms. The third kappa shape index (κ3) is 5.12. The van der Waals surface area contributed by atoms with Crippen molar-refractivity contribution in [1.82, 2.24) is 10.2 Å². The second-order valence-corrected chi connectivity index (χ2v) is 5.03. The van der Waals surface area contributed by atoms with E-state index in [0.717, 1.165) is 0 Å². The van der Waals surface area contributed by atoms with Crippen LogP contribution in [0.5, 0.6) is 0 Å². The van der Waals surface area contributed by atoms with Crippen LogP contribution in [0.2, 0.25) is 0 Å². The van der Waals surface area contributed by atoms with Gasteiger partial charge >= 0.3 is 5.97 Å². The lowest BCUT2D eigenvalue weighted by Crippen LogP contribution is -2.31. The van der Waals surface area contributed by atoms with E-state index in [1.165, 1.54) is 6.07 Å². The van der Waals surface area contributed by atoms with Gasteiger partial charge < -0.3 is 19.7 Å². The summed E-state index contributed by atoms with van der Waals surface area (Å²) in [6.07, 6.45) is 1.28. The predicted molar refractivity (Wildman–Crippen MR) is 84.5 cm³/mol. The van der Waals surface area contributed by atoms with Gasteiger partial charge in [0.15, 0.2) is 5.76 Å². The Hall–Kier alpha value is -2.31. The van der Waals surface area contributed by atoms with Crippen molar-refractivity contribution < 1.29 is 23.9 Å². The topological polar surface area (TPSA) is 99.9 Å². The van der Waals surface area contributed by atoms with Gasteiger partial charge in [0.1, 0.15) is 11.3 Å². The van der Waals surface area contributed by atoms with Crippen molar-refractivity contribution >= 4 is 17.8 Å². The second kappa shape index (κ2) is 8.97. The highest BCUT2D eigenvalue weighted by atomic mass is 16.4. The van der Waals surface area contributed by atoms with E-state index in [2.05, 4.69) is 5.32 Å². The lowest BCUT2D eigenvalue weighted by atomic mass is 10.2. The molecule has 1 aromatic rings. The molecular formula is C16H24N2O5. The first kappa shape index (κ1) is 18.7. The molecule has 0 saturated heterocycles. The van der Waals surface area contributed by atoms with Gasteiger partial charge in [0, 0.05) is 38.5 Å². The van der Waals surface area contributed by atoms with Crippen LogP contribution in [-0.4, -0.2) is 47.4 Å². The number of aryl methyl sites for hydroxylation is 1. The highest BCUT2D eigenvalue weighted by Crippen LogP contribution is 2.16. The number of nitrogens with one attached hydrogen (secondary N) is 1. The summed E-state index contributed by atoms with van der Waals surface area (Å²) in [6, 6.07) is 1.23. The van der Waals surface area contributed by atoms with Gasteiger partial charge in [-0.2, -0.15) is 0 Å². The summed E-state index contributed by atoms with van der Waals surface area (Å²) in [7, 11) is 0. The summed E-state index contributed by atoms with van der Waals surface area (Å²) in [5, 5.41) is 11.7. The summed E-state index contributed by atoms with van der Waals surface area (Å²) in [5.74, 6) is -1.27. The Morgan fingerprint density at radius 3 is 2.35 bits per heavy atom. The van der Waals surface area contributed by atoms with Crippen LogP contribution in [0, 0.1) is 0 Å². The molecule has 23 heavy (non-hydrogen) atoms. The molecule has 1 aromatic heterocycles. The quantitative estimate of drug-likeness (QED) is 0.676. The zero-order valence-corrected chi connectivity index (χ0v) is 13.8. The van der Waals surface area contributed by atoms with Crippen LogP contribution < -0.4 is 5.32 Å². The van der Waals surface area contributed by atoms with Crippen molar-refractivity contribution in [3.63, 3.8) is 0 Å². The molecule has 0 atom stereocenters. The molecule has 128 valence electrons. The van der Waals surface area contributed by atoms with Gasteiger partial charge in [0.05, 0.1) is 0 Å². The predicted octanol–water partition coefficient (Wildman–Crippen LogP) is 1.92. The standard InChI is InChI=1S/C16H24N2O5/c1-4-12-11(16(21)22)10-13(23-12)15(20)17-9-7-8-14(19)18(5-2)6-3/h10H,4-9H2,1-3H3,(H,17,20)(H,21,22). The first-order valence-corrected chi connectivity index (χ1v) is 7.86. The Morgan fingerprint density at radius 2 is 1.87 bits per heavy atom. The molecule has 2 amide bonds. The lowest BCUT2D eigenvalue weighted by molar-refractivity contribution is -0.130. The average molecular weight is 324 g/mol. The van der Waals surface area contributed by atoms with Gasteiger partial charge in [-0.1, -0.05) is 6.92 Å². The van der Waals surface area contributed by atoms with Crippen molar-refractivity contribution in [2.45, 2.75) is 40.0 Å². The van der Waals surface area contributed by atoms with Gasteiger partial charge in [0.25, 0.3) is 5.91 Å². The van der Waals surface area contributed by atoms with E-state index in [9.17, 15) is 14.4 Å². The van der Waals surface area contributed by atoms with E-state index in [4.69, 9.17) is 9.52 Å². The molecule has 7 heteroatoms. The zero-order chi connectivity index (χ0) is 17.4. The number of carboxylic acids is 1. The van der Waals surface area contributed by atoms with Gasteiger partial charge in [-0.15, -0.1) is 0 Å². The Labute approximate surface area is 135 Å².